The lowest BCUT2D eigenvalue weighted by Crippen LogP contribution is -2.35. The van der Waals surface area contributed by atoms with Crippen molar-refractivity contribution < 1.29 is 4.79 Å². The Morgan fingerprint density at radius 3 is 2.40 bits per heavy atom. The van der Waals surface area contributed by atoms with Gasteiger partial charge in [0.2, 0.25) is 0 Å². The molecule has 1 aromatic heterocycles. The van der Waals surface area contributed by atoms with Gasteiger partial charge in [-0.1, -0.05) is 50.8 Å². The highest BCUT2D eigenvalue weighted by Gasteiger charge is 2.22. The van der Waals surface area contributed by atoms with Crippen LogP contribution in [0.25, 0.3) is 10.8 Å². The minimum Gasteiger partial charge on any atom is -0.337 e. The summed E-state index contributed by atoms with van der Waals surface area (Å²) in [5.74, 6) is -0.0395. The molecule has 1 fully saturated rings. The number of hydrogen-bond donors (Lipinski definition) is 0. The van der Waals surface area contributed by atoms with Crippen LogP contribution >= 0.6 is 0 Å². The summed E-state index contributed by atoms with van der Waals surface area (Å²) in [6.07, 6.45) is 7.47. The monoisotopic (exact) mass is 341 g/mol. The Kier molecular flexibility index (Phi) is 5.84. The molecule has 0 radical (unpaired) electrons. The van der Waals surface area contributed by atoms with Gasteiger partial charge in [0.25, 0.3) is 11.5 Å². The van der Waals surface area contributed by atoms with Gasteiger partial charge in [0.05, 0.1) is 5.39 Å². The molecule has 0 spiro atoms. The summed E-state index contributed by atoms with van der Waals surface area (Å²) < 4.78 is 1.49. The average molecular weight is 341 g/mol. The van der Waals surface area contributed by atoms with Crippen LogP contribution in [0.1, 0.15) is 62.4 Å². The summed E-state index contributed by atoms with van der Waals surface area (Å²) in [7, 11) is 0. The Bertz CT molecular complexity index is 789. The lowest BCUT2D eigenvalue weighted by atomic mass is 10.1. The molecule has 1 aromatic carbocycles. The van der Waals surface area contributed by atoms with Gasteiger partial charge in [0.1, 0.15) is 0 Å². The van der Waals surface area contributed by atoms with E-state index >= 15 is 0 Å². The van der Waals surface area contributed by atoms with E-state index in [9.17, 15) is 9.59 Å². The van der Waals surface area contributed by atoms with Crippen molar-refractivity contribution in [2.24, 2.45) is 0 Å². The molecule has 1 saturated heterocycles. The molecule has 5 nitrogen and oxygen atoms in total. The fraction of sp³-hybridized carbons (Fsp3) is 0.550. The number of fused-ring (bicyclic) bond motifs is 1. The van der Waals surface area contributed by atoms with Crippen molar-refractivity contribution in [2.75, 3.05) is 13.1 Å². The molecule has 0 saturated carbocycles. The average Bonchev–Trinajstić information content (AvgIpc) is 2.93. The first kappa shape index (κ1) is 17.6. The van der Waals surface area contributed by atoms with Crippen LogP contribution in [0.2, 0.25) is 0 Å². The number of nitrogens with zero attached hydrogens (tertiary/aromatic N) is 3. The lowest BCUT2D eigenvalue weighted by molar-refractivity contribution is 0.0755. The van der Waals surface area contributed by atoms with Crippen LogP contribution < -0.4 is 5.56 Å². The summed E-state index contributed by atoms with van der Waals surface area (Å²) in [5, 5.41) is 5.76. The van der Waals surface area contributed by atoms with Crippen LogP contribution in [-0.4, -0.2) is 33.7 Å². The number of benzene rings is 1. The zero-order chi connectivity index (χ0) is 17.6. The summed E-state index contributed by atoms with van der Waals surface area (Å²) in [5.41, 5.74) is 0.327. The number of rotatable bonds is 5. The van der Waals surface area contributed by atoms with Crippen LogP contribution in [0.5, 0.6) is 0 Å². The van der Waals surface area contributed by atoms with Gasteiger partial charge in [-0.3, -0.25) is 9.59 Å². The van der Waals surface area contributed by atoms with Gasteiger partial charge < -0.3 is 4.90 Å². The summed E-state index contributed by atoms with van der Waals surface area (Å²) >= 11 is 0. The second-order valence-corrected chi connectivity index (χ2v) is 6.84. The third-order valence-corrected chi connectivity index (χ3v) is 4.94. The predicted octanol–water partition coefficient (Wildman–Crippen LogP) is 3.60. The van der Waals surface area contributed by atoms with Crippen LogP contribution in [0.4, 0.5) is 0 Å². The summed E-state index contributed by atoms with van der Waals surface area (Å²) in [4.78, 5) is 27.7. The maximum Gasteiger partial charge on any atom is 0.274 e. The van der Waals surface area contributed by atoms with E-state index < -0.39 is 0 Å². The van der Waals surface area contributed by atoms with Gasteiger partial charge >= 0.3 is 0 Å². The fourth-order valence-corrected chi connectivity index (χ4v) is 3.48. The third kappa shape index (κ3) is 3.91. The van der Waals surface area contributed by atoms with E-state index in [-0.39, 0.29) is 11.5 Å². The Morgan fingerprint density at radius 1 is 1.04 bits per heavy atom. The molecule has 1 aliphatic heterocycles. The number of aromatic nitrogens is 2. The Labute approximate surface area is 148 Å². The van der Waals surface area contributed by atoms with Crippen molar-refractivity contribution in [3.8, 4) is 0 Å². The second kappa shape index (κ2) is 8.28. The van der Waals surface area contributed by atoms with Crippen molar-refractivity contribution in [1.29, 1.82) is 0 Å². The molecule has 0 unspecified atom stereocenters. The van der Waals surface area contributed by atoms with E-state index in [0.717, 1.165) is 45.2 Å². The predicted molar refractivity (Wildman–Crippen MR) is 99.9 cm³/mol. The molecule has 5 heteroatoms. The molecule has 0 N–H and O–H groups in total. The quantitative estimate of drug-likeness (QED) is 0.781. The summed E-state index contributed by atoms with van der Waals surface area (Å²) in [6, 6.07) is 7.35. The van der Waals surface area contributed by atoms with Gasteiger partial charge in [0, 0.05) is 25.0 Å². The van der Waals surface area contributed by atoms with Crippen LogP contribution in [-0.2, 0) is 6.54 Å². The number of likely N-dealkylation sites (tertiary alicyclic amines) is 1. The first-order valence-corrected chi connectivity index (χ1v) is 9.51. The number of aryl methyl sites for hydroxylation is 1. The highest BCUT2D eigenvalue weighted by molar-refractivity contribution is 6.04. The van der Waals surface area contributed by atoms with E-state index in [1.165, 1.54) is 17.5 Å². The minimum absolute atomic E-state index is 0.0395. The minimum atomic E-state index is -0.0980. The van der Waals surface area contributed by atoms with Gasteiger partial charge in [0.15, 0.2) is 5.69 Å². The molecule has 134 valence electrons. The van der Waals surface area contributed by atoms with E-state index in [4.69, 9.17) is 0 Å². The largest absolute Gasteiger partial charge is 0.337 e. The highest BCUT2D eigenvalue weighted by atomic mass is 16.2. The van der Waals surface area contributed by atoms with E-state index in [0.29, 0.717) is 23.0 Å². The number of amides is 1. The number of unbranched alkanes of at least 4 members (excludes halogenated alkanes) is 2. The maximum atomic E-state index is 13.1. The molecule has 1 aliphatic rings. The van der Waals surface area contributed by atoms with Gasteiger partial charge in [-0.2, -0.15) is 5.10 Å². The Morgan fingerprint density at radius 2 is 1.72 bits per heavy atom. The lowest BCUT2D eigenvalue weighted by Gasteiger charge is -2.21. The van der Waals surface area contributed by atoms with Crippen molar-refractivity contribution in [3.63, 3.8) is 0 Å². The normalized spacial score (nSPS) is 15.3. The topological polar surface area (TPSA) is 55.2 Å². The molecular formula is C20H27N3O2. The van der Waals surface area contributed by atoms with E-state index in [1.54, 1.807) is 6.07 Å². The molecular weight excluding hydrogens is 314 g/mol. The first-order valence-electron chi connectivity index (χ1n) is 9.51. The fourth-order valence-electron chi connectivity index (χ4n) is 3.48. The highest BCUT2D eigenvalue weighted by Crippen LogP contribution is 2.18. The van der Waals surface area contributed by atoms with Gasteiger partial charge in [-0.25, -0.2) is 4.68 Å². The standard InChI is InChI=1S/C20H27N3O2/c1-2-3-8-15-23-19(24)17-12-7-6-11-16(17)18(21-23)20(25)22-13-9-4-5-10-14-22/h6-7,11-12H,2-5,8-10,13-15H2,1H3. The molecule has 25 heavy (non-hydrogen) atoms. The van der Waals surface area contributed by atoms with Crippen LogP contribution in [0.3, 0.4) is 0 Å². The smallest absolute Gasteiger partial charge is 0.274 e. The van der Waals surface area contributed by atoms with Crippen molar-refractivity contribution in [1.82, 2.24) is 14.7 Å². The molecule has 2 heterocycles. The molecule has 3 rings (SSSR count). The molecule has 0 atom stereocenters. The van der Waals surface area contributed by atoms with Crippen molar-refractivity contribution in [2.45, 2.75) is 58.4 Å². The van der Waals surface area contributed by atoms with Gasteiger partial charge in [-0.05, 0) is 25.3 Å². The van der Waals surface area contributed by atoms with Crippen molar-refractivity contribution in [3.05, 3.63) is 40.3 Å². The number of carbonyl (C=O) groups excluding carboxylic acids is 1. The zero-order valence-electron chi connectivity index (χ0n) is 15.0. The SMILES string of the molecule is CCCCCn1nc(C(=O)N2CCCCCC2)c2ccccc2c1=O. The van der Waals surface area contributed by atoms with Gasteiger partial charge in [-0.15, -0.1) is 0 Å². The van der Waals surface area contributed by atoms with E-state index in [2.05, 4.69) is 12.0 Å². The first-order chi connectivity index (χ1) is 12.2. The summed E-state index contributed by atoms with van der Waals surface area (Å²) in [6.45, 7) is 4.26. The number of hydrogen-bond acceptors (Lipinski definition) is 3. The van der Waals surface area contributed by atoms with Crippen molar-refractivity contribution >= 4 is 16.7 Å². The zero-order valence-corrected chi connectivity index (χ0v) is 15.0. The molecule has 0 bridgehead atoms. The molecule has 1 amide bonds. The Balaban J connectivity index is 2.01. The Hall–Kier alpha value is -2.17. The maximum absolute atomic E-state index is 13.1. The molecule has 2 aromatic rings. The second-order valence-electron chi connectivity index (χ2n) is 6.84. The van der Waals surface area contributed by atoms with E-state index in [1.807, 2.05) is 23.1 Å². The molecule has 0 aliphatic carbocycles. The van der Waals surface area contributed by atoms with Crippen LogP contribution in [0.15, 0.2) is 29.1 Å². The third-order valence-electron chi connectivity index (χ3n) is 4.94. The van der Waals surface area contributed by atoms with Crippen LogP contribution in [0, 0.1) is 0 Å². The number of carbonyl (C=O) groups is 1.